The molecule has 0 bridgehead atoms. The minimum absolute atomic E-state index is 0.0353. The fourth-order valence-corrected chi connectivity index (χ4v) is 4.48. The second-order valence-corrected chi connectivity index (χ2v) is 7.67. The van der Waals surface area contributed by atoms with Crippen LogP contribution >= 0.6 is 0 Å². The van der Waals surface area contributed by atoms with Crippen molar-refractivity contribution in [1.29, 1.82) is 0 Å². The first-order valence-electron chi connectivity index (χ1n) is 9.55. The van der Waals surface area contributed by atoms with Gasteiger partial charge in [0, 0.05) is 5.41 Å². The number of allylic oxidation sites excluding steroid dienone is 2. The van der Waals surface area contributed by atoms with Crippen molar-refractivity contribution in [2.24, 2.45) is 0 Å². The summed E-state index contributed by atoms with van der Waals surface area (Å²) in [5.41, 5.74) is 8.75. The molecule has 0 radical (unpaired) electrons. The van der Waals surface area contributed by atoms with Crippen molar-refractivity contribution in [3.05, 3.63) is 113 Å². The topological polar surface area (TPSA) is 0 Å². The summed E-state index contributed by atoms with van der Waals surface area (Å²) in [6, 6.07) is 30.9. The van der Waals surface area contributed by atoms with E-state index in [2.05, 4.69) is 106 Å². The van der Waals surface area contributed by atoms with Gasteiger partial charge in [0.1, 0.15) is 0 Å². The lowest BCUT2D eigenvalue weighted by atomic mass is 9.79. The van der Waals surface area contributed by atoms with Crippen LogP contribution in [0.1, 0.15) is 48.9 Å². The molecule has 1 atom stereocenters. The summed E-state index contributed by atoms with van der Waals surface area (Å²) in [5, 5.41) is 0. The van der Waals surface area contributed by atoms with Gasteiger partial charge in [0.05, 0.1) is 0 Å². The van der Waals surface area contributed by atoms with E-state index >= 15 is 0 Å². The molecule has 0 nitrogen and oxygen atoms in total. The van der Waals surface area contributed by atoms with Gasteiger partial charge in [-0.3, -0.25) is 0 Å². The highest BCUT2D eigenvalue weighted by molar-refractivity contribution is 5.96. The Morgan fingerprint density at radius 3 is 1.96 bits per heavy atom. The Morgan fingerprint density at radius 1 is 0.731 bits per heavy atom. The quantitative estimate of drug-likeness (QED) is 0.481. The van der Waals surface area contributed by atoms with Crippen LogP contribution in [0, 0.1) is 0 Å². The smallest absolute Gasteiger partial charge is 0.0460 e. The maximum atomic E-state index is 2.31. The lowest BCUT2D eigenvalue weighted by Crippen LogP contribution is -2.18. The molecule has 3 aromatic rings. The molecule has 0 aromatic heterocycles. The fourth-order valence-electron chi connectivity index (χ4n) is 4.48. The molecule has 0 saturated heterocycles. The molecule has 3 aromatic carbocycles. The minimum atomic E-state index is 0.0353. The van der Waals surface area contributed by atoms with Crippen LogP contribution in [0.3, 0.4) is 0 Å². The van der Waals surface area contributed by atoms with Crippen molar-refractivity contribution < 1.29 is 0 Å². The van der Waals surface area contributed by atoms with Crippen LogP contribution in [-0.4, -0.2) is 0 Å². The molecule has 0 saturated carbocycles. The Hall–Kier alpha value is -2.60. The molecule has 0 heterocycles. The molecule has 4 rings (SSSR count). The van der Waals surface area contributed by atoms with Crippen LogP contribution in [0.4, 0.5) is 0 Å². The van der Waals surface area contributed by atoms with E-state index in [1.54, 1.807) is 0 Å². The van der Waals surface area contributed by atoms with Crippen molar-refractivity contribution in [2.75, 3.05) is 0 Å². The second kappa shape index (κ2) is 6.61. The molecule has 0 amide bonds. The van der Waals surface area contributed by atoms with Gasteiger partial charge in [-0.1, -0.05) is 104 Å². The monoisotopic (exact) mass is 338 g/mol. The maximum Gasteiger partial charge on any atom is 0.0460 e. The van der Waals surface area contributed by atoms with E-state index in [9.17, 15) is 0 Å². The standard InChI is InChI=1S/C26H26/c1-19(2)24-17-11-10-14-22(24)18-26(23-15-8-5-9-16-23)20(3)25(26)21-12-6-4-7-13-21/h4-17,19H,18H2,1-3H3. The second-order valence-electron chi connectivity index (χ2n) is 7.67. The van der Waals surface area contributed by atoms with Crippen LogP contribution in [0.25, 0.3) is 5.57 Å². The third-order valence-corrected chi connectivity index (χ3v) is 5.84. The zero-order valence-electron chi connectivity index (χ0n) is 15.9. The highest BCUT2D eigenvalue weighted by Crippen LogP contribution is 2.61. The minimum Gasteiger partial charge on any atom is -0.0622 e. The fraction of sp³-hybridized carbons (Fsp3) is 0.231. The van der Waals surface area contributed by atoms with Crippen LogP contribution in [0.2, 0.25) is 0 Å². The third kappa shape index (κ3) is 2.70. The molecule has 0 heteroatoms. The van der Waals surface area contributed by atoms with E-state index in [4.69, 9.17) is 0 Å². The Kier molecular flexibility index (Phi) is 4.28. The molecule has 1 aliphatic rings. The lowest BCUT2D eigenvalue weighted by molar-refractivity contribution is 0.718. The van der Waals surface area contributed by atoms with Gasteiger partial charge in [-0.25, -0.2) is 0 Å². The Morgan fingerprint density at radius 2 is 1.31 bits per heavy atom. The third-order valence-electron chi connectivity index (χ3n) is 5.84. The SMILES string of the molecule is CC1=C(c2ccccc2)C1(Cc1ccccc1C(C)C)c1ccccc1. The first kappa shape index (κ1) is 16.8. The molecule has 130 valence electrons. The molecule has 0 spiro atoms. The largest absolute Gasteiger partial charge is 0.0622 e. The molecule has 1 unspecified atom stereocenters. The zero-order chi connectivity index (χ0) is 18.1. The van der Waals surface area contributed by atoms with E-state index in [0.717, 1.165) is 6.42 Å². The summed E-state index contributed by atoms with van der Waals surface area (Å²) >= 11 is 0. The van der Waals surface area contributed by atoms with Gasteiger partial charge in [0.2, 0.25) is 0 Å². The number of rotatable bonds is 5. The van der Waals surface area contributed by atoms with Gasteiger partial charge < -0.3 is 0 Å². The van der Waals surface area contributed by atoms with Gasteiger partial charge in [0.15, 0.2) is 0 Å². The Balaban J connectivity index is 1.81. The predicted octanol–water partition coefficient (Wildman–Crippen LogP) is 6.78. The predicted molar refractivity (Wildman–Crippen MR) is 111 cm³/mol. The van der Waals surface area contributed by atoms with Gasteiger partial charge in [-0.15, -0.1) is 0 Å². The maximum absolute atomic E-state index is 2.31. The van der Waals surface area contributed by atoms with Crippen LogP contribution < -0.4 is 0 Å². The number of benzene rings is 3. The molecule has 26 heavy (non-hydrogen) atoms. The molecular formula is C26H26. The average molecular weight is 338 g/mol. The van der Waals surface area contributed by atoms with E-state index in [-0.39, 0.29) is 5.41 Å². The molecule has 1 aliphatic carbocycles. The summed E-state index contributed by atoms with van der Waals surface area (Å²) < 4.78 is 0. The van der Waals surface area contributed by atoms with Gasteiger partial charge in [-0.2, -0.15) is 0 Å². The highest BCUT2D eigenvalue weighted by atomic mass is 14.5. The highest BCUT2D eigenvalue weighted by Gasteiger charge is 2.52. The summed E-state index contributed by atoms with van der Waals surface area (Å²) in [4.78, 5) is 0. The lowest BCUT2D eigenvalue weighted by Gasteiger charge is -2.24. The summed E-state index contributed by atoms with van der Waals surface area (Å²) in [5.74, 6) is 0.540. The molecule has 0 aliphatic heterocycles. The van der Waals surface area contributed by atoms with Crippen LogP contribution in [0.15, 0.2) is 90.5 Å². The van der Waals surface area contributed by atoms with Gasteiger partial charge in [-0.05, 0) is 47.1 Å². The Bertz CT molecular complexity index is 932. The van der Waals surface area contributed by atoms with Crippen molar-refractivity contribution in [3.8, 4) is 0 Å². The van der Waals surface area contributed by atoms with Gasteiger partial charge >= 0.3 is 0 Å². The van der Waals surface area contributed by atoms with Crippen LogP contribution in [-0.2, 0) is 11.8 Å². The van der Waals surface area contributed by atoms with Crippen LogP contribution in [0.5, 0.6) is 0 Å². The van der Waals surface area contributed by atoms with Gasteiger partial charge in [0.25, 0.3) is 0 Å². The van der Waals surface area contributed by atoms with E-state index in [1.807, 2.05) is 0 Å². The first-order chi connectivity index (χ1) is 12.6. The average Bonchev–Trinajstić information content (AvgIpc) is 3.28. The summed E-state index contributed by atoms with van der Waals surface area (Å²) in [6.45, 7) is 6.89. The van der Waals surface area contributed by atoms with E-state index in [0.29, 0.717) is 5.92 Å². The van der Waals surface area contributed by atoms with Crippen molar-refractivity contribution >= 4 is 5.57 Å². The Labute approximate surface area is 157 Å². The number of hydrogen-bond donors (Lipinski definition) is 0. The van der Waals surface area contributed by atoms with Crippen molar-refractivity contribution in [3.63, 3.8) is 0 Å². The van der Waals surface area contributed by atoms with Crippen molar-refractivity contribution in [1.82, 2.24) is 0 Å². The summed E-state index contributed by atoms with van der Waals surface area (Å²) in [7, 11) is 0. The molecule has 0 N–H and O–H groups in total. The molecule has 0 fully saturated rings. The first-order valence-corrected chi connectivity index (χ1v) is 9.55. The van der Waals surface area contributed by atoms with E-state index in [1.165, 1.54) is 33.4 Å². The zero-order valence-corrected chi connectivity index (χ0v) is 15.9. The molecular weight excluding hydrogens is 312 g/mol. The van der Waals surface area contributed by atoms with Crippen molar-refractivity contribution in [2.45, 2.75) is 38.5 Å². The van der Waals surface area contributed by atoms with E-state index < -0.39 is 0 Å². The summed E-state index contributed by atoms with van der Waals surface area (Å²) in [6.07, 6.45) is 1.04. The normalized spacial score (nSPS) is 19.1. The number of hydrogen-bond acceptors (Lipinski definition) is 0.